The second-order valence-corrected chi connectivity index (χ2v) is 9.58. The molecule has 0 bridgehead atoms. The molecular weight excluding hydrogens is 424 g/mol. The van der Waals surface area contributed by atoms with Crippen LogP contribution in [0, 0.1) is 27.7 Å². The van der Waals surface area contributed by atoms with Gasteiger partial charge < -0.3 is 10.1 Å². The summed E-state index contributed by atoms with van der Waals surface area (Å²) in [5.41, 5.74) is 4.89. The molecule has 0 saturated heterocycles. The third kappa shape index (κ3) is 5.48. The maximum absolute atomic E-state index is 12.8. The minimum atomic E-state index is -3.75. The van der Waals surface area contributed by atoms with Gasteiger partial charge in [0.05, 0.1) is 10.6 Å². The number of amides is 1. The highest BCUT2D eigenvalue weighted by molar-refractivity contribution is 7.92. The number of hydrogen-bond acceptors (Lipinski definition) is 4. The van der Waals surface area contributed by atoms with E-state index in [1.165, 1.54) is 12.1 Å². The van der Waals surface area contributed by atoms with Gasteiger partial charge in [-0.1, -0.05) is 24.3 Å². The van der Waals surface area contributed by atoms with E-state index in [1.54, 1.807) is 25.1 Å². The fourth-order valence-corrected chi connectivity index (χ4v) is 4.23. The van der Waals surface area contributed by atoms with Crippen molar-refractivity contribution in [1.82, 2.24) is 0 Å². The second-order valence-electron chi connectivity index (χ2n) is 7.90. The molecule has 0 aliphatic rings. The average Bonchev–Trinajstić information content (AvgIpc) is 2.74. The van der Waals surface area contributed by atoms with E-state index in [0.29, 0.717) is 17.1 Å². The Hall–Kier alpha value is -3.32. The minimum absolute atomic E-state index is 0.107. The van der Waals surface area contributed by atoms with Crippen LogP contribution >= 0.6 is 0 Å². The zero-order valence-corrected chi connectivity index (χ0v) is 19.7. The van der Waals surface area contributed by atoms with E-state index >= 15 is 0 Å². The number of nitrogens with one attached hydrogen (secondary N) is 2. The number of aryl methyl sites for hydroxylation is 3. The predicted octanol–water partition coefficient (Wildman–Crippen LogP) is 5.13. The minimum Gasteiger partial charge on any atom is -0.481 e. The molecular formula is C25H28N2O4S. The molecule has 1 amide bonds. The predicted molar refractivity (Wildman–Crippen MR) is 128 cm³/mol. The summed E-state index contributed by atoms with van der Waals surface area (Å²) in [5, 5.41) is 2.76. The van der Waals surface area contributed by atoms with Crippen molar-refractivity contribution in [3.05, 3.63) is 82.9 Å². The fraction of sp³-hybridized carbons (Fsp3) is 0.240. The molecule has 0 aliphatic heterocycles. The standard InChI is InChI=1S/C25H28N2O4S/c1-16-9-10-18(3)23(15-16)27-32(29,30)22-13-11-21(12-14-22)26-25(28)20(5)31-24-8-6-7-17(2)19(24)4/h6-15,20,27H,1-5H3,(H,26,28). The van der Waals surface area contributed by atoms with E-state index in [1.807, 2.05) is 58.0 Å². The summed E-state index contributed by atoms with van der Waals surface area (Å²) in [6, 6.07) is 17.3. The molecule has 0 fully saturated rings. The number of rotatable bonds is 7. The second kappa shape index (κ2) is 9.44. The van der Waals surface area contributed by atoms with Gasteiger partial charge in [0.15, 0.2) is 6.10 Å². The van der Waals surface area contributed by atoms with E-state index in [9.17, 15) is 13.2 Å². The molecule has 3 aromatic rings. The molecule has 32 heavy (non-hydrogen) atoms. The van der Waals surface area contributed by atoms with Crippen molar-refractivity contribution in [2.75, 3.05) is 10.0 Å². The monoisotopic (exact) mass is 452 g/mol. The Balaban J connectivity index is 1.67. The number of carbonyl (C=O) groups is 1. The molecule has 1 unspecified atom stereocenters. The van der Waals surface area contributed by atoms with Gasteiger partial charge in [-0.25, -0.2) is 8.42 Å². The summed E-state index contributed by atoms with van der Waals surface area (Å²) in [7, 11) is -3.75. The Labute approximate surface area is 189 Å². The molecule has 6 nitrogen and oxygen atoms in total. The van der Waals surface area contributed by atoms with Crippen LogP contribution in [0.15, 0.2) is 65.6 Å². The Morgan fingerprint density at radius 3 is 2.28 bits per heavy atom. The van der Waals surface area contributed by atoms with Crippen molar-refractivity contribution in [3.8, 4) is 5.75 Å². The molecule has 168 valence electrons. The van der Waals surface area contributed by atoms with E-state index in [2.05, 4.69) is 10.0 Å². The van der Waals surface area contributed by atoms with Crippen LogP contribution in [0.3, 0.4) is 0 Å². The first-order valence-corrected chi connectivity index (χ1v) is 11.8. The lowest BCUT2D eigenvalue weighted by atomic mass is 10.1. The normalized spacial score (nSPS) is 12.2. The largest absolute Gasteiger partial charge is 0.481 e. The lowest BCUT2D eigenvalue weighted by Gasteiger charge is -2.17. The van der Waals surface area contributed by atoms with Crippen LogP contribution in [0.25, 0.3) is 0 Å². The van der Waals surface area contributed by atoms with Crippen molar-refractivity contribution >= 4 is 27.3 Å². The fourth-order valence-electron chi connectivity index (χ4n) is 3.11. The van der Waals surface area contributed by atoms with Crippen LogP contribution in [0.1, 0.15) is 29.2 Å². The SMILES string of the molecule is Cc1ccc(C)c(NS(=O)(=O)c2ccc(NC(=O)C(C)Oc3cccc(C)c3C)cc2)c1. The zero-order chi connectivity index (χ0) is 23.5. The number of ether oxygens (including phenoxy) is 1. The van der Waals surface area contributed by atoms with Gasteiger partial charge in [-0.3, -0.25) is 9.52 Å². The summed E-state index contributed by atoms with van der Waals surface area (Å²) < 4.78 is 33.9. The smallest absolute Gasteiger partial charge is 0.265 e. The molecule has 0 heterocycles. The summed E-state index contributed by atoms with van der Waals surface area (Å²) in [4.78, 5) is 12.6. The third-order valence-corrected chi connectivity index (χ3v) is 6.68. The third-order valence-electron chi connectivity index (χ3n) is 5.30. The number of carbonyl (C=O) groups excluding carboxylic acids is 1. The van der Waals surface area contributed by atoms with E-state index in [4.69, 9.17) is 4.74 Å². The molecule has 7 heteroatoms. The van der Waals surface area contributed by atoms with Crippen LogP contribution in [0.5, 0.6) is 5.75 Å². The molecule has 3 rings (SSSR count). The van der Waals surface area contributed by atoms with Crippen LogP contribution in [0.4, 0.5) is 11.4 Å². The first-order valence-electron chi connectivity index (χ1n) is 10.3. The summed E-state index contributed by atoms with van der Waals surface area (Å²) in [5.74, 6) is 0.335. The van der Waals surface area contributed by atoms with E-state index in [-0.39, 0.29) is 10.8 Å². The highest BCUT2D eigenvalue weighted by Crippen LogP contribution is 2.24. The van der Waals surface area contributed by atoms with Gasteiger partial charge in [-0.2, -0.15) is 0 Å². The quantitative estimate of drug-likeness (QED) is 0.521. The number of anilines is 2. The van der Waals surface area contributed by atoms with Gasteiger partial charge in [0.25, 0.3) is 15.9 Å². The van der Waals surface area contributed by atoms with Crippen molar-refractivity contribution < 1.29 is 17.9 Å². The summed E-state index contributed by atoms with van der Waals surface area (Å²) in [6.45, 7) is 9.35. The number of hydrogen-bond donors (Lipinski definition) is 2. The molecule has 2 N–H and O–H groups in total. The number of sulfonamides is 1. The maximum atomic E-state index is 12.8. The van der Waals surface area contributed by atoms with Crippen LogP contribution in [-0.4, -0.2) is 20.4 Å². The van der Waals surface area contributed by atoms with E-state index < -0.39 is 16.1 Å². The van der Waals surface area contributed by atoms with Crippen molar-refractivity contribution in [3.63, 3.8) is 0 Å². The van der Waals surface area contributed by atoms with Crippen LogP contribution < -0.4 is 14.8 Å². The highest BCUT2D eigenvalue weighted by Gasteiger charge is 2.18. The lowest BCUT2D eigenvalue weighted by molar-refractivity contribution is -0.122. The first-order chi connectivity index (χ1) is 15.1. The van der Waals surface area contributed by atoms with E-state index in [0.717, 1.165) is 22.3 Å². The van der Waals surface area contributed by atoms with Crippen molar-refractivity contribution in [2.24, 2.45) is 0 Å². The summed E-state index contributed by atoms with van der Waals surface area (Å²) >= 11 is 0. The van der Waals surface area contributed by atoms with Crippen molar-refractivity contribution in [1.29, 1.82) is 0 Å². The molecule has 0 spiro atoms. The number of benzene rings is 3. The van der Waals surface area contributed by atoms with Gasteiger partial charge >= 0.3 is 0 Å². The highest BCUT2D eigenvalue weighted by atomic mass is 32.2. The lowest BCUT2D eigenvalue weighted by Crippen LogP contribution is -2.30. The zero-order valence-electron chi connectivity index (χ0n) is 18.9. The molecule has 0 saturated carbocycles. The molecule has 1 atom stereocenters. The van der Waals surface area contributed by atoms with Crippen LogP contribution in [0.2, 0.25) is 0 Å². The Morgan fingerprint density at radius 1 is 0.906 bits per heavy atom. The van der Waals surface area contributed by atoms with Gasteiger partial charge in [0, 0.05) is 5.69 Å². The van der Waals surface area contributed by atoms with Crippen molar-refractivity contribution in [2.45, 2.75) is 45.6 Å². The summed E-state index contributed by atoms with van der Waals surface area (Å²) in [6.07, 6.45) is -0.718. The Bertz CT molecular complexity index is 1240. The topological polar surface area (TPSA) is 84.5 Å². The van der Waals surface area contributed by atoms with Gasteiger partial charge in [-0.05, 0) is 93.3 Å². The molecule has 0 radical (unpaired) electrons. The Morgan fingerprint density at radius 2 is 1.59 bits per heavy atom. The van der Waals surface area contributed by atoms with Gasteiger partial charge in [0.2, 0.25) is 0 Å². The van der Waals surface area contributed by atoms with Gasteiger partial charge in [-0.15, -0.1) is 0 Å². The molecule has 0 aromatic heterocycles. The average molecular weight is 453 g/mol. The first kappa shape index (κ1) is 23.3. The van der Waals surface area contributed by atoms with Gasteiger partial charge in [0.1, 0.15) is 5.75 Å². The maximum Gasteiger partial charge on any atom is 0.265 e. The molecule has 3 aromatic carbocycles. The Kier molecular flexibility index (Phi) is 6.89. The molecule has 0 aliphatic carbocycles. The van der Waals surface area contributed by atoms with Crippen LogP contribution in [-0.2, 0) is 14.8 Å².